The number of aryl methyl sites for hydroxylation is 4. The lowest BCUT2D eigenvalue weighted by Crippen LogP contribution is -2.18. The third-order valence-electron chi connectivity index (χ3n) is 16.3. The molecule has 0 N–H and O–H groups in total. The van der Waals surface area contributed by atoms with Crippen molar-refractivity contribution in [2.45, 2.75) is 80.6 Å². The number of anilines is 5. The lowest BCUT2D eigenvalue weighted by atomic mass is 9.82. The molecule has 2 aliphatic carbocycles. The number of hydrogen-bond donors (Lipinski definition) is 0. The van der Waals surface area contributed by atoms with Crippen molar-refractivity contribution >= 4 is 59.9 Å². The first-order valence-electron chi connectivity index (χ1n) is 28.8. The van der Waals surface area contributed by atoms with Gasteiger partial charge in [0.15, 0.2) is 0 Å². The molecule has 2 nitrogen and oxygen atoms in total. The van der Waals surface area contributed by atoms with Crippen LogP contribution < -0.4 is 9.80 Å². The molecule has 0 fully saturated rings. The average molecular weight is 1070 g/mol. The zero-order chi connectivity index (χ0) is 56.4. The fourth-order valence-corrected chi connectivity index (χ4v) is 13.4. The van der Waals surface area contributed by atoms with Gasteiger partial charge in [-0.15, -0.1) is 17.9 Å². The molecule has 1 aromatic heterocycles. The molecular formula is C78H72N2S. The van der Waals surface area contributed by atoms with Gasteiger partial charge in [-0.3, -0.25) is 0 Å². The molecule has 11 aromatic rings. The Bertz CT molecular complexity index is 4190. The Hall–Kier alpha value is -8.76. The fourth-order valence-electron chi connectivity index (χ4n) is 12.2. The Morgan fingerprint density at radius 3 is 1.69 bits per heavy atom. The van der Waals surface area contributed by atoms with Gasteiger partial charge in [0.25, 0.3) is 0 Å². The highest BCUT2D eigenvalue weighted by molar-refractivity contribution is 7.26. The molecule has 0 saturated heterocycles. The highest BCUT2D eigenvalue weighted by Gasteiger charge is 2.35. The maximum Gasteiger partial charge on any atom is 0.0661 e. The number of fused-ring (bicyclic) bond motifs is 6. The van der Waals surface area contributed by atoms with Crippen LogP contribution >= 0.6 is 11.3 Å². The molecule has 3 heteroatoms. The molecule has 400 valence electrons. The summed E-state index contributed by atoms with van der Waals surface area (Å²) in [5.74, 6) is 0. The van der Waals surface area contributed by atoms with Gasteiger partial charge in [0.05, 0.1) is 10.4 Å². The van der Waals surface area contributed by atoms with Crippen molar-refractivity contribution < 1.29 is 0 Å². The van der Waals surface area contributed by atoms with Crippen molar-refractivity contribution in [3.63, 3.8) is 0 Å². The normalized spacial score (nSPS) is 12.8. The maximum absolute atomic E-state index is 3.36. The van der Waals surface area contributed by atoms with E-state index < -0.39 is 0 Å². The van der Waals surface area contributed by atoms with Crippen molar-refractivity contribution in [3.05, 3.63) is 282 Å². The van der Waals surface area contributed by atoms with Gasteiger partial charge in [-0.25, -0.2) is 0 Å². The second kappa shape index (κ2) is 23.1. The van der Waals surface area contributed by atoms with Crippen LogP contribution in [0.15, 0.2) is 249 Å². The summed E-state index contributed by atoms with van der Waals surface area (Å²) >= 11 is 1.90. The van der Waals surface area contributed by atoms with Gasteiger partial charge in [-0.1, -0.05) is 192 Å². The largest absolute Gasteiger partial charge is 0.314 e. The highest BCUT2D eigenvalue weighted by Crippen LogP contribution is 2.52. The number of hydrogen-bond acceptors (Lipinski definition) is 3. The van der Waals surface area contributed by atoms with Crippen molar-refractivity contribution in [1.82, 2.24) is 0 Å². The van der Waals surface area contributed by atoms with Crippen molar-refractivity contribution in [2.75, 3.05) is 9.80 Å². The summed E-state index contributed by atoms with van der Waals surface area (Å²) in [6, 6.07) is 79.8. The van der Waals surface area contributed by atoms with E-state index in [9.17, 15) is 0 Å². The summed E-state index contributed by atoms with van der Waals surface area (Å²) in [6.07, 6.45) is 10.5. The van der Waals surface area contributed by atoms with E-state index in [1.165, 1.54) is 115 Å². The topological polar surface area (TPSA) is 6.48 Å². The van der Waals surface area contributed by atoms with Crippen LogP contribution in [0.1, 0.15) is 80.8 Å². The number of rotatable bonds is 10. The first-order chi connectivity index (χ1) is 39.5. The zero-order valence-electron chi connectivity index (χ0n) is 48.4. The number of thiophene rings is 1. The fraction of sp³-hybridized carbons (Fsp3) is 0.154. The molecule has 0 amide bonds. The molecule has 0 saturated carbocycles. The monoisotopic (exact) mass is 1070 g/mol. The van der Waals surface area contributed by atoms with Gasteiger partial charge in [0, 0.05) is 49.3 Å². The molecule has 1 heterocycles. The second-order valence-electron chi connectivity index (χ2n) is 21.8. The zero-order valence-corrected chi connectivity index (χ0v) is 49.3. The molecule has 13 rings (SSSR count). The van der Waals surface area contributed by atoms with Crippen LogP contribution in [0.5, 0.6) is 0 Å². The van der Waals surface area contributed by atoms with Crippen LogP contribution in [-0.4, -0.2) is 0 Å². The third kappa shape index (κ3) is 10.3. The second-order valence-corrected chi connectivity index (χ2v) is 22.9. The third-order valence-corrected chi connectivity index (χ3v) is 17.5. The van der Waals surface area contributed by atoms with Crippen molar-refractivity contribution in [1.29, 1.82) is 0 Å². The van der Waals surface area contributed by atoms with E-state index in [2.05, 4.69) is 288 Å². The van der Waals surface area contributed by atoms with Gasteiger partial charge in [-0.05, 0) is 209 Å². The van der Waals surface area contributed by atoms with Crippen LogP contribution in [0.2, 0.25) is 0 Å². The SMILES string of the molecule is C=CC.CC.Cc1ccccc1-c1ccc(N(c2ccc(C)c(-c3ccccc3C)c2)c2cc(N(C3=CC=CCC3)c3ccc(-c4ccccc4)cc3)cc3c2sc2ccc(-c4ccc5c(c4)-c4ccccc4C5(C)C)cc23)cc1C. The smallest absolute Gasteiger partial charge is 0.0661 e. The van der Waals surface area contributed by atoms with Crippen molar-refractivity contribution in [3.8, 4) is 55.6 Å². The van der Waals surface area contributed by atoms with E-state index in [1.54, 1.807) is 6.08 Å². The van der Waals surface area contributed by atoms with Gasteiger partial charge in [-0.2, -0.15) is 0 Å². The summed E-state index contributed by atoms with van der Waals surface area (Å²) in [7, 11) is 0. The Morgan fingerprint density at radius 2 is 1.00 bits per heavy atom. The van der Waals surface area contributed by atoms with E-state index in [4.69, 9.17) is 0 Å². The van der Waals surface area contributed by atoms with Gasteiger partial charge < -0.3 is 9.80 Å². The molecule has 0 aliphatic heterocycles. The maximum atomic E-state index is 3.36. The molecule has 0 unspecified atom stereocenters. The molecular weight excluding hydrogens is 997 g/mol. The Balaban J connectivity index is 0.00000134. The molecule has 81 heavy (non-hydrogen) atoms. The van der Waals surface area contributed by atoms with Gasteiger partial charge in [0.1, 0.15) is 0 Å². The summed E-state index contributed by atoms with van der Waals surface area (Å²) in [4.78, 5) is 5.07. The Labute approximate surface area is 485 Å². The number of allylic oxidation sites excluding steroid dienone is 5. The van der Waals surface area contributed by atoms with Crippen LogP contribution in [0.4, 0.5) is 28.4 Å². The van der Waals surface area contributed by atoms with Crippen LogP contribution in [-0.2, 0) is 5.41 Å². The van der Waals surface area contributed by atoms with E-state index in [0.717, 1.165) is 41.3 Å². The van der Waals surface area contributed by atoms with Crippen LogP contribution in [0.3, 0.4) is 0 Å². The number of benzene rings is 10. The van der Waals surface area contributed by atoms with E-state index in [-0.39, 0.29) is 5.41 Å². The summed E-state index contributed by atoms with van der Waals surface area (Å²) in [6.45, 7) is 22.9. The molecule has 0 bridgehead atoms. The summed E-state index contributed by atoms with van der Waals surface area (Å²) in [5, 5.41) is 2.50. The average Bonchev–Trinajstić information content (AvgIpc) is 4.13. The predicted molar refractivity (Wildman–Crippen MR) is 355 cm³/mol. The molecule has 0 spiro atoms. The van der Waals surface area contributed by atoms with Gasteiger partial charge in [0.2, 0.25) is 0 Å². The molecule has 0 radical (unpaired) electrons. The van der Waals surface area contributed by atoms with E-state index in [0.29, 0.717) is 0 Å². The first-order valence-corrected chi connectivity index (χ1v) is 29.6. The number of nitrogens with zero attached hydrogens (tertiary/aromatic N) is 2. The lowest BCUT2D eigenvalue weighted by Gasteiger charge is -2.32. The van der Waals surface area contributed by atoms with Crippen molar-refractivity contribution in [2.24, 2.45) is 0 Å². The summed E-state index contributed by atoms with van der Waals surface area (Å²) in [5.41, 5.74) is 27.2. The van der Waals surface area contributed by atoms with Crippen LogP contribution in [0.25, 0.3) is 75.8 Å². The first kappa shape index (κ1) is 54.2. The molecule has 10 aromatic carbocycles. The van der Waals surface area contributed by atoms with E-state index >= 15 is 0 Å². The minimum Gasteiger partial charge on any atom is -0.314 e. The quantitative estimate of drug-likeness (QED) is 0.126. The Morgan fingerprint density at radius 1 is 0.444 bits per heavy atom. The summed E-state index contributed by atoms with van der Waals surface area (Å²) < 4.78 is 2.51. The minimum absolute atomic E-state index is 0.0502. The molecule has 2 aliphatic rings. The minimum atomic E-state index is -0.0502. The van der Waals surface area contributed by atoms with E-state index in [1.807, 2.05) is 32.1 Å². The highest BCUT2D eigenvalue weighted by atomic mass is 32.1. The lowest BCUT2D eigenvalue weighted by molar-refractivity contribution is 0.660. The standard InChI is InChI=1S/C73H60N2S.C3H6.C2H6/c1-47-19-13-15-25-60(47)62-38-37-57(41-50(62)4)75(58-34-29-49(3)64(44-58)61-26-16-14-20-48(61)2)70-46-59(74(55-23-11-8-12-24-55)56-35-30-52(31-36-56)51-21-9-7-10-22-51)45-67-66-43-54(33-40-71(66)76-72(67)70)53-32-39-69-65(42-53)63-27-17-18-28-68(63)73(69,5)6;1-3-2;1-2/h7-11,13-23,25-46H,12,24H2,1-6H3;3H,1H2,2H3;1-2H3. The van der Waals surface area contributed by atoms with Gasteiger partial charge >= 0.3 is 0 Å². The Kier molecular flexibility index (Phi) is 15.5. The van der Waals surface area contributed by atoms with Crippen LogP contribution in [0, 0.1) is 27.7 Å². The predicted octanol–water partition coefficient (Wildman–Crippen LogP) is 23.3. The molecule has 0 atom stereocenters.